The molecular formula is C8H17NOS2. The van der Waals surface area contributed by atoms with Crippen LogP contribution in [-0.4, -0.2) is 24.0 Å². The molecule has 0 fully saturated rings. The van der Waals surface area contributed by atoms with Crippen molar-refractivity contribution >= 4 is 31.2 Å². The summed E-state index contributed by atoms with van der Waals surface area (Å²) in [6.07, 6.45) is 3.54. The van der Waals surface area contributed by atoms with Gasteiger partial charge in [-0.3, -0.25) is 4.79 Å². The molecule has 0 spiro atoms. The van der Waals surface area contributed by atoms with Gasteiger partial charge in [-0.15, -0.1) is 0 Å². The second-order valence-corrected chi connectivity index (χ2v) is 3.50. The van der Waals surface area contributed by atoms with Crippen LogP contribution < -0.4 is 5.32 Å². The molecule has 0 radical (unpaired) electrons. The predicted octanol–water partition coefficient (Wildman–Crippen LogP) is 1.52. The molecule has 1 N–H and O–H groups in total. The second kappa shape index (κ2) is 9.26. The normalized spacial score (nSPS) is 9.83. The topological polar surface area (TPSA) is 29.1 Å². The average molecular weight is 207 g/mol. The van der Waals surface area contributed by atoms with Gasteiger partial charge in [-0.2, -0.15) is 25.3 Å². The summed E-state index contributed by atoms with van der Waals surface area (Å²) < 4.78 is 0. The maximum absolute atomic E-state index is 11.0. The van der Waals surface area contributed by atoms with E-state index < -0.39 is 0 Å². The van der Waals surface area contributed by atoms with E-state index in [0.717, 1.165) is 37.3 Å². The Morgan fingerprint density at radius 2 is 1.75 bits per heavy atom. The molecule has 0 unspecified atom stereocenters. The quantitative estimate of drug-likeness (QED) is 0.429. The Kier molecular flexibility index (Phi) is 9.39. The van der Waals surface area contributed by atoms with Gasteiger partial charge in [0.15, 0.2) is 0 Å². The molecule has 0 aliphatic rings. The molecule has 0 atom stereocenters. The Balaban J connectivity index is 3.10. The molecule has 4 heteroatoms. The highest BCUT2D eigenvalue weighted by atomic mass is 32.1. The van der Waals surface area contributed by atoms with Crippen molar-refractivity contribution in [1.82, 2.24) is 5.32 Å². The van der Waals surface area contributed by atoms with Crippen LogP contribution in [-0.2, 0) is 4.79 Å². The number of unbranched alkanes of at least 4 members (excludes halogenated alkanes) is 1. The summed E-state index contributed by atoms with van der Waals surface area (Å²) >= 11 is 8.11. The van der Waals surface area contributed by atoms with Crippen LogP contribution in [0.5, 0.6) is 0 Å². The molecule has 0 saturated carbocycles. The minimum Gasteiger partial charge on any atom is -0.356 e. The molecule has 0 aliphatic carbocycles. The van der Waals surface area contributed by atoms with Gasteiger partial charge in [0.25, 0.3) is 0 Å². The fourth-order valence-electron chi connectivity index (χ4n) is 0.793. The molecule has 1 amide bonds. The van der Waals surface area contributed by atoms with Crippen molar-refractivity contribution in [2.24, 2.45) is 0 Å². The van der Waals surface area contributed by atoms with Crippen LogP contribution in [0, 0.1) is 0 Å². The van der Waals surface area contributed by atoms with E-state index >= 15 is 0 Å². The molecule has 0 aliphatic heterocycles. The van der Waals surface area contributed by atoms with Gasteiger partial charge in [0, 0.05) is 13.0 Å². The molecule has 0 bridgehead atoms. The molecule has 0 aromatic rings. The van der Waals surface area contributed by atoms with Gasteiger partial charge in [0.1, 0.15) is 0 Å². The van der Waals surface area contributed by atoms with Crippen LogP contribution in [0.4, 0.5) is 0 Å². The molecule has 0 aromatic carbocycles. The third-order valence-corrected chi connectivity index (χ3v) is 2.10. The van der Waals surface area contributed by atoms with Crippen LogP contribution in [0.25, 0.3) is 0 Å². The number of thiol groups is 2. The number of carbonyl (C=O) groups excluding carboxylic acids is 1. The Morgan fingerprint density at radius 1 is 1.08 bits per heavy atom. The lowest BCUT2D eigenvalue weighted by Gasteiger charge is -2.02. The average Bonchev–Trinajstić information content (AvgIpc) is 2.06. The molecule has 0 rings (SSSR count). The first-order chi connectivity index (χ1) is 5.81. The molecule has 0 aromatic heterocycles. The summed E-state index contributed by atoms with van der Waals surface area (Å²) in [5.74, 6) is 1.85. The zero-order valence-corrected chi connectivity index (χ0v) is 9.04. The third-order valence-electron chi connectivity index (χ3n) is 1.47. The number of amides is 1. The van der Waals surface area contributed by atoms with Crippen molar-refractivity contribution in [3.05, 3.63) is 0 Å². The van der Waals surface area contributed by atoms with E-state index in [-0.39, 0.29) is 5.91 Å². The standard InChI is InChI=1S/C8H17NOS2/c10-8(4-1-2-6-11)9-5-3-7-12/h11-12H,1-7H2,(H,9,10). The van der Waals surface area contributed by atoms with E-state index in [0.29, 0.717) is 6.42 Å². The first kappa shape index (κ1) is 12.2. The van der Waals surface area contributed by atoms with E-state index in [1.165, 1.54) is 0 Å². The van der Waals surface area contributed by atoms with Crippen LogP contribution in [0.2, 0.25) is 0 Å². The number of hydrogen-bond acceptors (Lipinski definition) is 3. The SMILES string of the molecule is O=C(CCCCS)NCCCS. The number of carbonyl (C=O) groups is 1. The van der Waals surface area contributed by atoms with Gasteiger partial charge in [0.05, 0.1) is 0 Å². The van der Waals surface area contributed by atoms with Gasteiger partial charge in [-0.25, -0.2) is 0 Å². The van der Waals surface area contributed by atoms with Gasteiger partial charge in [-0.1, -0.05) is 0 Å². The largest absolute Gasteiger partial charge is 0.356 e. The number of hydrogen-bond donors (Lipinski definition) is 3. The molecule has 12 heavy (non-hydrogen) atoms. The van der Waals surface area contributed by atoms with Gasteiger partial charge >= 0.3 is 0 Å². The molecule has 72 valence electrons. The highest BCUT2D eigenvalue weighted by Crippen LogP contribution is 1.96. The third kappa shape index (κ3) is 8.27. The summed E-state index contributed by atoms with van der Waals surface area (Å²) in [4.78, 5) is 11.0. The lowest BCUT2D eigenvalue weighted by atomic mass is 10.2. The smallest absolute Gasteiger partial charge is 0.219 e. The lowest BCUT2D eigenvalue weighted by Crippen LogP contribution is -2.24. The molecular weight excluding hydrogens is 190 g/mol. The summed E-state index contributed by atoms with van der Waals surface area (Å²) in [7, 11) is 0. The Bertz CT molecular complexity index is 108. The van der Waals surface area contributed by atoms with Crippen molar-refractivity contribution < 1.29 is 4.79 Å². The van der Waals surface area contributed by atoms with E-state index in [9.17, 15) is 4.79 Å². The Hall–Kier alpha value is 0.170. The Labute approximate surface area is 85.3 Å². The zero-order valence-electron chi connectivity index (χ0n) is 7.25. The fourth-order valence-corrected chi connectivity index (χ4v) is 1.17. The second-order valence-electron chi connectivity index (χ2n) is 2.61. The first-order valence-corrected chi connectivity index (χ1v) is 5.56. The molecule has 2 nitrogen and oxygen atoms in total. The van der Waals surface area contributed by atoms with Crippen LogP contribution in [0.15, 0.2) is 0 Å². The van der Waals surface area contributed by atoms with Crippen molar-refractivity contribution in [2.75, 3.05) is 18.1 Å². The first-order valence-electron chi connectivity index (χ1n) is 4.29. The van der Waals surface area contributed by atoms with Crippen molar-refractivity contribution in [1.29, 1.82) is 0 Å². The number of nitrogens with one attached hydrogen (secondary N) is 1. The van der Waals surface area contributed by atoms with E-state index in [4.69, 9.17) is 0 Å². The number of rotatable bonds is 7. The lowest BCUT2D eigenvalue weighted by molar-refractivity contribution is -0.121. The van der Waals surface area contributed by atoms with Crippen LogP contribution in [0.1, 0.15) is 25.7 Å². The summed E-state index contributed by atoms with van der Waals surface area (Å²) in [6, 6.07) is 0. The van der Waals surface area contributed by atoms with E-state index in [1.54, 1.807) is 0 Å². The van der Waals surface area contributed by atoms with Crippen LogP contribution >= 0.6 is 25.3 Å². The van der Waals surface area contributed by atoms with Crippen LogP contribution in [0.3, 0.4) is 0 Å². The summed E-state index contributed by atoms with van der Waals surface area (Å²) in [5.41, 5.74) is 0. The summed E-state index contributed by atoms with van der Waals surface area (Å²) in [6.45, 7) is 0.753. The fraction of sp³-hybridized carbons (Fsp3) is 0.875. The van der Waals surface area contributed by atoms with Gasteiger partial charge in [-0.05, 0) is 30.8 Å². The van der Waals surface area contributed by atoms with Gasteiger partial charge < -0.3 is 5.32 Å². The Morgan fingerprint density at radius 3 is 2.33 bits per heavy atom. The minimum atomic E-state index is 0.151. The predicted molar refractivity (Wildman–Crippen MR) is 59.2 cm³/mol. The van der Waals surface area contributed by atoms with Gasteiger partial charge in [0.2, 0.25) is 5.91 Å². The maximum Gasteiger partial charge on any atom is 0.219 e. The van der Waals surface area contributed by atoms with Crippen molar-refractivity contribution in [3.63, 3.8) is 0 Å². The van der Waals surface area contributed by atoms with Crippen molar-refractivity contribution in [3.8, 4) is 0 Å². The summed E-state index contributed by atoms with van der Waals surface area (Å²) in [5, 5.41) is 2.83. The highest BCUT2D eigenvalue weighted by Gasteiger charge is 1.98. The minimum absolute atomic E-state index is 0.151. The zero-order chi connectivity index (χ0) is 9.23. The van der Waals surface area contributed by atoms with Crippen molar-refractivity contribution in [2.45, 2.75) is 25.7 Å². The monoisotopic (exact) mass is 207 g/mol. The van der Waals surface area contributed by atoms with E-state index in [2.05, 4.69) is 30.6 Å². The maximum atomic E-state index is 11.0. The molecule has 0 saturated heterocycles. The molecule has 0 heterocycles. The van der Waals surface area contributed by atoms with E-state index in [1.807, 2.05) is 0 Å². The highest BCUT2D eigenvalue weighted by molar-refractivity contribution is 7.80.